The van der Waals surface area contributed by atoms with E-state index in [4.69, 9.17) is 0 Å². The average Bonchev–Trinajstić information content (AvgIpc) is 2.39. The maximum absolute atomic E-state index is 4.62. The Morgan fingerprint density at radius 2 is 2.17 bits per heavy atom. The summed E-state index contributed by atoms with van der Waals surface area (Å²) in [4.78, 5) is 4.62. The molecule has 3 unspecified atom stereocenters. The van der Waals surface area contributed by atoms with Crippen molar-refractivity contribution in [1.29, 1.82) is 0 Å². The van der Waals surface area contributed by atoms with Crippen LogP contribution in [0.25, 0.3) is 0 Å². The molecule has 1 fully saturated rings. The van der Waals surface area contributed by atoms with Crippen molar-refractivity contribution in [2.45, 2.75) is 64.0 Å². The van der Waals surface area contributed by atoms with Crippen LogP contribution in [0.4, 0.5) is 0 Å². The van der Waals surface area contributed by atoms with Gasteiger partial charge in [0.15, 0.2) is 0 Å². The van der Waals surface area contributed by atoms with Crippen LogP contribution in [0.5, 0.6) is 0 Å². The van der Waals surface area contributed by atoms with E-state index in [2.05, 4.69) is 29.4 Å². The number of hydrogen-bond acceptors (Lipinski definition) is 2. The molecule has 3 atom stereocenters. The first-order valence-electron chi connectivity index (χ1n) is 7.53. The first-order chi connectivity index (χ1) is 8.83. The maximum atomic E-state index is 4.62. The van der Waals surface area contributed by atoms with Crippen LogP contribution in [-0.4, -0.2) is 11.0 Å². The molecular formula is C16H24N2. The smallest absolute Gasteiger partial charge is 0.0605 e. The van der Waals surface area contributed by atoms with E-state index in [1.807, 2.05) is 6.20 Å². The van der Waals surface area contributed by atoms with Crippen LogP contribution in [0.1, 0.15) is 62.7 Å². The van der Waals surface area contributed by atoms with Gasteiger partial charge in [-0.25, -0.2) is 0 Å². The largest absolute Gasteiger partial charge is 0.306 e. The predicted molar refractivity (Wildman–Crippen MR) is 74.5 cm³/mol. The summed E-state index contributed by atoms with van der Waals surface area (Å²) in [6.07, 6.45) is 11.2. The Hall–Kier alpha value is -0.890. The molecule has 18 heavy (non-hydrogen) atoms. The fourth-order valence-corrected chi connectivity index (χ4v) is 3.64. The summed E-state index contributed by atoms with van der Waals surface area (Å²) in [5.74, 6) is 0.892. The van der Waals surface area contributed by atoms with E-state index in [9.17, 15) is 0 Å². The topological polar surface area (TPSA) is 24.9 Å². The minimum atomic E-state index is 0.505. The van der Waals surface area contributed by atoms with Crippen molar-refractivity contribution < 1.29 is 0 Å². The van der Waals surface area contributed by atoms with Crippen molar-refractivity contribution in [3.63, 3.8) is 0 Å². The Morgan fingerprint density at radius 3 is 3.06 bits per heavy atom. The monoisotopic (exact) mass is 244 g/mol. The van der Waals surface area contributed by atoms with E-state index in [1.165, 1.54) is 56.2 Å². The van der Waals surface area contributed by atoms with Crippen molar-refractivity contribution in [2.75, 3.05) is 0 Å². The zero-order chi connectivity index (χ0) is 12.4. The van der Waals surface area contributed by atoms with Crippen LogP contribution >= 0.6 is 0 Å². The van der Waals surface area contributed by atoms with Crippen LogP contribution in [-0.2, 0) is 6.42 Å². The van der Waals surface area contributed by atoms with Gasteiger partial charge in [0, 0.05) is 18.3 Å². The summed E-state index contributed by atoms with van der Waals surface area (Å²) < 4.78 is 0. The van der Waals surface area contributed by atoms with Crippen LogP contribution in [0.15, 0.2) is 18.3 Å². The Balaban J connectivity index is 1.70. The van der Waals surface area contributed by atoms with E-state index < -0.39 is 0 Å². The molecule has 2 aliphatic rings. The molecule has 0 spiro atoms. The molecule has 3 rings (SSSR count). The molecule has 2 aliphatic carbocycles. The Morgan fingerprint density at radius 1 is 1.22 bits per heavy atom. The fraction of sp³-hybridized carbons (Fsp3) is 0.688. The van der Waals surface area contributed by atoms with Gasteiger partial charge >= 0.3 is 0 Å². The molecule has 0 saturated heterocycles. The third kappa shape index (κ3) is 2.59. The number of rotatable bonds is 2. The van der Waals surface area contributed by atoms with Crippen LogP contribution < -0.4 is 5.32 Å². The minimum absolute atomic E-state index is 0.505. The van der Waals surface area contributed by atoms with Crippen molar-refractivity contribution in [2.24, 2.45) is 5.92 Å². The van der Waals surface area contributed by atoms with Gasteiger partial charge in [0.25, 0.3) is 0 Å². The zero-order valence-corrected chi connectivity index (χ0v) is 11.4. The number of pyridine rings is 1. The molecule has 1 aromatic heterocycles. The SMILES string of the molecule is CC1CCCC(NC2CCCc3cccnc32)C1. The van der Waals surface area contributed by atoms with Gasteiger partial charge in [-0.15, -0.1) is 0 Å². The summed E-state index contributed by atoms with van der Waals surface area (Å²) in [6, 6.07) is 5.54. The second-order valence-corrected chi connectivity index (χ2v) is 6.13. The van der Waals surface area contributed by atoms with Gasteiger partial charge in [-0.2, -0.15) is 0 Å². The highest BCUT2D eigenvalue weighted by Crippen LogP contribution is 2.31. The zero-order valence-electron chi connectivity index (χ0n) is 11.4. The molecule has 2 nitrogen and oxygen atoms in total. The van der Waals surface area contributed by atoms with Crippen molar-refractivity contribution >= 4 is 0 Å². The highest BCUT2D eigenvalue weighted by atomic mass is 15.0. The first-order valence-corrected chi connectivity index (χ1v) is 7.53. The molecule has 98 valence electrons. The Labute approximate surface area is 110 Å². The maximum Gasteiger partial charge on any atom is 0.0605 e. The van der Waals surface area contributed by atoms with E-state index in [1.54, 1.807) is 0 Å². The van der Waals surface area contributed by atoms with Crippen molar-refractivity contribution in [3.8, 4) is 0 Å². The molecule has 0 aliphatic heterocycles. The van der Waals surface area contributed by atoms with Crippen molar-refractivity contribution in [1.82, 2.24) is 10.3 Å². The highest BCUT2D eigenvalue weighted by Gasteiger charge is 2.26. The summed E-state index contributed by atoms with van der Waals surface area (Å²) in [7, 11) is 0. The van der Waals surface area contributed by atoms with Crippen molar-refractivity contribution in [3.05, 3.63) is 29.6 Å². The second-order valence-electron chi connectivity index (χ2n) is 6.13. The third-order valence-electron chi connectivity index (χ3n) is 4.57. The number of aryl methyl sites for hydroxylation is 1. The molecule has 0 radical (unpaired) electrons. The van der Waals surface area contributed by atoms with Crippen LogP contribution in [0.2, 0.25) is 0 Å². The van der Waals surface area contributed by atoms with E-state index in [0.29, 0.717) is 12.1 Å². The van der Waals surface area contributed by atoms with E-state index in [0.717, 1.165) is 5.92 Å². The standard InChI is InChI=1S/C16H24N2/c1-12-5-2-8-14(11-12)18-15-9-3-6-13-7-4-10-17-16(13)15/h4,7,10,12,14-15,18H,2-3,5-6,8-9,11H2,1H3. The number of hydrogen-bond donors (Lipinski definition) is 1. The first kappa shape index (κ1) is 12.2. The lowest BCUT2D eigenvalue weighted by atomic mass is 9.85. The van der Waals surface area contributed by atoms with Gasteiger partial charge in [0.1, 0.15) is 0 Å². The van der Waals surface area contributed by atoms with E-state index >= 15 is 0 Å². The van der Waals surface area contributed by atoms with Gasteiger partial charge in [0.2, 0.25) is 0 Å². The summed E-state index contributed by atoms with van der Waals surface area (Å²) in [5.41, 5.74) is 2.78. The second kappa shape index (κ2) is 5.40. The number of aromatic nitrogens is 1. The molecule has 1 heterocycles. The van der Waals surface area contributed by atoms with Crippen LogP contribution in [0.3, 0.4) is 0 Å². The lowest BCUT2D eigenvalue weighted by molar-refractivity contribution is 0.269. The van der Waals surface area contributed by atoms with Crippen LogP contribution in [0, 0.1) is 5.92 Å². The number of nitrogens with one attached hydrogen (secondary N) is 1. The molecule has 1 saturated carbocycles. The average molecular weight is 244 g/mol. The van der Waals surface area contributed by atoms with Gasteiger partial charge in [-0.1, -0.05) is 25.8 Å². The lowest BCUT2D eigenvalue weighted by Gasteiger charge is -2.33. The summed E-state index contributed by atoms with van der Waals surface area (Å²) in [6.45, 7) is 2.39. The Kier molecular flexibility index (Phi) is 3.64. The summed E-state index contributed by atoms with van der Waals surface area (Å²) in [5, 5.41) is 3.88. The predicted octanol–water partition coefficient (Wildman–Crippen LogP) is 3.63. The number of nitrogens with zero attached hydrogens (tertiary/aromatic N) is 1. The molecule has 1 N–H and O–H groups in total. The molecular weight excluding hydrogens is 220 g/mol. The Bertz CT molecular complexity index is 402. The molecule has 2 heteroatoms. The fourth-order valence-electron chi connectivity index (χ4n) is 3.64. The molecule has 0 amide bonds. The van der Waals surface area contributed by atoms with Gasteiger partial charge < -0.3 is 5.32 Å². The van der Waals surface area contributed by atoms with Gasteiger partial charge in [-0.05, 0) is 49.7 Å². The summed E-state index contributed by atoms with van der Waals surface area (Å²) >= 11 is 0. The van der Waals surface area contributed by atoms with E-state index in [-0.39, 0.29) is 0 Å². The molecule has 0 bridgehead atoms. The van der Waals surface area contributed by atoms with Gasteiger partial charge in [-0.3, -0.25) is 4.98 Å². The quantitative estimate of drug-likeness (QED) is 0.859. The third-order valence-corrected chi connectivity index (χ3v) is 4.57. The number of fused-ring (bicyclic) bond motifs is 1. The highest BCUT2D eigenvalue weighted by molar-refractivity contribution is 5.25. The molecule has 0 aromatic carbocycles. The minimum Gasteiger partial charge on any atom is -0.306 e. The van der Waals surface area contributed by atoms with Gasteiger partial charge in [0.05, 0.1) is 5.69 Å². The normalized spacial score (nSPS) is 31.9. The molecule has 1 aromatic rings. The lowest BCUT2D eigenvalue weighted by Crippen LogP contribution is -2.38.